The van der Waals surface area contributed by atoms with Crippen LogP contribution in [0.5, 0.6) is 0 Å². The van der Waals surface area contributed by atoms with Gasteiger partial charge in [-0.2, -0.15) is 0 Å². The van der Waals surface area contributed by atoms with E-state index >= 15 is 0 Å². The highest BCUT2D eigenvalue weighted by atomic mass is 16.5. The first-order valence-corrected chi connectivity index (χ1v) is 4.78. The molecule has 0 fully saturated rings. The van der Waals surface area contributed by atoms with Crippen LogP contribution in [0.2, 0.25) is 0 Å². The van der Waals surface area contributed by atoms with Gasteiger partial charge in [0.15, 0.2) is 0 Å². The molecule has 0 spiro atoms. The van der Waals surface area contributed by atoms with Gasteiger partial charge in [0.05, 0.1) is 19.7 Å². The Morgan fingerprint density at radius 3 is 3.00 bits per heavy atom. The van der Waals surface area contributed by atoms with Crippen molar-refractivity contribution in [3.63, 3.8) is 0 Å². The van der Waals surface area contributed by atoms with Gasteiger partial charge in [-0.05, 0) is 0 Å². The van der Waals surface area contributed by atoms with E-state index in [1.807, 2.05) is 0 Å². The van der Waals surface area contributed by atoms with Gasteiger partial charge in [0, 0.05) is 20.2 Å². The molecular weight excluding hydrogens is 192 g/mol. The van der Waals surface area contributed by atoms with E-state index < -0.39 is 0 Å². The van der Waals surface area contributed by atoms with Gasteiger partial charge in [0.2, 0.25) is 5.91 Å². The summed E-state index contributed by atoms with van der Waals surface area (Å²) >= 11 is 0. The van der Waals surface area contributed by atoms with Crippen LogP contribution in [-0.2, 0) is 9.53 Å². The molecule has 0 bridgehead atoms. The SMILES string of the molecule is C#CCNCC(=O)N(CC=C)CCOC. The van der Waals surface area contributed by atoms with Crippen molar-refractivity contribution in [1.29, 1.82) is 0 Å². The average molecular weight is 210 g/mol. The molecule has 1 amide bonds. The van der Waals surface area contributed by atoms with Crippen LogP contribution in [0.15, 0.2) is 12.7 Å². The minimum atomic E-state index is 0.00204. The van der Waals surface area contributed by atoms with Crippen molar-refractivity contribution in [3.05, 3.63) is 12.7 Å². The maximum Gasteiger partial charge on any atom is 0.236 e. The van der Waals surface area contributed by atoms with Crippen LogP contribution in [0.1, 0.15) is 0 Å². The van der Waals surface area contributed by atoms with E-state index in [2.05, 4.69) is 17.8 Å². The zero-order valence-corrected chi connectivity index (χ0v) is 9.16. The Morgan fingerprint density at radius 2 is 2.47 bits per heavy atom. The van der Waals surface area contributed by atoms with E-state index in [1.54, 1.807) is 18.1 Å². The highest BCUT2D eigenvalue weighted by Crippen LogP contribution is 1.90. The number of carbonyl (C=O) groups excluding carboxylic acids is 1. The molecule has 0 saturated heterocycles. The Kier molecular flexibility index (Phi) is 8.44. The molecule has 0 aromatic heterocycles. The summed E-state index contributed by atoms with van der Waals surface area (Å²) in [6, 6.07) is 0. The minimum absolute atomic E-state index is 0.00204. The zero-order valence-electron chi connectivity index (χ0n) is 9.16. The van der Waals surface area contributed by atoms with E-state index in [4.69, 9.17) is 11.2 Å². The van der Waals surface area contributed by atoms with Crippen LogP contribution in [-0.4, -0.2) is 50.7 Å². The fourth-order valence-corrected chi connectivity index (χ4v) is 1.03. The molecule has 4 heteroatoms. The lowest BCUT2D eigenvalue weighted by Crippen LogP contribution is -2.40. The highest BCUT2D eigenvalue weighted by molar-refractivity contribution is 5.78. The number of ether oxygens (including phenoxy) is 1. The number of hydrogen-bond acceptors (Lipinski definition) is 3. The summed E-state index contributed by atoms with van der Waals surface area (Å²) in [5.41, 5.74) is 0. The van der Waals surface area contributed by atoms with E-state index in [1.165, 1.54) is 0 Å². The number of nitrogens with one attached hydrogen (secondary N) is 1. The van der Waals surface area contributed by atoms with Crippen molar-refractivity contribution in [2.75, 3.05) is 39.9 Å². The van der Waals surface area contributed by atoms with Crippen molar-refractivity contribution < 1.29 is 9.53 Å². The third kappa shape index (κ3) is 6.72. The van der Waals surface area contributed by atoms with Crippen molar-refractivity contribution in [2.45, 2.75) is 0 Å². The van der Waals surface area contributed by atoms with E-state index in [0.29, 0.717) is 26.2 Å². The molecular formula is C11H18N2O2. The lowest BCUT2D eigenvalue weighted by atomic mass is 10.4. The lowest BCUT2D eigenvalue weighted by molar-refractivity contribution is -0.130. The van der Waals surface area contributed by atoms with Crippen molar-refractivity contribution in [3.8, 4) is 12.3 Å². The first kappa shape index (κ1) is 13.7. The third-order valence-electron chi connectivity index (χ3n) is 1.77. The molecule has 0 aliphatic rings. The predicted octanol–water partition coefficient (Wildman–Crippen LogP) is -0.130. The van der Waals surface area contributed by atoms with Crippen LogP contribution in [0.25, 0.3) is 0 Å². The third-order valence-corrected chi connectivity index (χ3v) is 1.77. The molecule has 4 nitrogen and oxygen atoms in total. The molecule has 0 unspecified atom stereocenters. The normalized spacial score (nSPS) is 9.33. The topological polar surface area (TPSA) is 41.6 Å². The van der Waals surface area contributed by atoms with Crippen LogP contribution in [0, 0.1) is 12.3 Å². The summed E-state index contributed by atoms with van der Waals surface area (Å²) in [7, 11) is 1.60. The van der Waals surface area contributed by atoms with Gasteiger partial charge in [0.25, 0.3) is 0 Å². The first-order chi connectivity index (χ1) is 7.26. The summed E-state index contributed by atoms with van der Waals surface area (Å²) in [5, 5.41) is 2.85. The molecule has 0 heterocycles. The smallest absolute Gasteiger partial charge is 0.236 e. The van der Waals surface area contributed by atoms with E-state index in [-0.39, 0.29) is 12.5 Å². The van der Waals surface area contributed by atoms with Gasteiger partial charge < -0.3 is 9.64 Å². The van der Waals surface area contributed by atoms with E-state index in [9.17, 15) is 4.79 Å². The second-order valence-corrected chi connectivity index (χ2v) is 2.93. The quantitative estimate of drug-likeness (QED) is 0.345. The maximum absolute atomic E-state index is 11.6. The summed E-state index contributed by atoms with van der Waals surface area (Å²) < 4.78 is 4.91. The number of terminal acetylenes is 1. The van der Waals surface area contributed by atoms with Crippen LogP contribution in [0.4, 0.5) is 0 Å². The van der Waals surface area contributed by atoms with Crippen LogP contribution < -0.4 is 5.32 Å². The molecule has 1 N–H and O–H groups in total. The molecule has 0 aliphatic carbocycles. The summed E-state index contributed by atoms with van der Waals surface area (Å²) in [4.78, 5) is 13.3. The molecule has 0 rings (SSSR count). The number of carbonyl (C=O) groups is 1. The van der Waals surface area contributed by atoms with E-state index in [0.717, 1.165) is 0 Å². The standard InChI is InChI=1S/C11H18N2O2/c1-4-6-12-10-11(14)13(7-5-2)8-9-15-3/h1,5,12H,2,6-10H2,3H3. The van der Waals surface area contributed by atoms with Crippen LogP contribution in [0.3, 0.4) is 0 Å². The Bertz CT molecular complexity index is 233. The number of hydrogen-bond donors (Lipinski definition) is 1. The van der Waals surface area contributed by atoms with Crippen molar-refractivity contribution in [2.24, 2.45) is 0 Å². The Morgan fingerprint density at radius 1 is 1.73 bits per heavy atom. The monoisotopic (exact) mass is 210 g/mol. The number of amides is 1. The Balaban J connectivity index is 3.93. The average Bonchev–Trinajstić information content (AvgIpc) is 2.24. The summed E-state index contributed by atoms with van der Waals surface area (Å²) in [5.74, 6) is 2.41. The molecule has 0 atom stereocenters. The van der Waals surface area contributed by atoms with Crippen LogP contribution >= 0.6 is 0 Å². The molecule has 0 saturated carbocycles. The molecule has 0 aromatic carbocycles. The van der Waals surface area contributed by atoms with Gasteiger partial charge in [-0.15, -0.1) is 13.0 Å². The molecule has 0 aromatic rings. The fraction of sp³-hybridized carbons (Fsp3) is 0.545. The van der Waals surface area contributed by atoms with Gasteiger partial charge in [-0.25, -0.2) is 0 Å². The number of nitrogens with zero attached hydrogens (tertiary/aromatic N) is 1. The molecule has 0 radical (unpaired) electrons. The zero-order chi connectivity index (χ0) is 11.5. The highest BCUT2D eigenvalue weighted by Gasteiger charge is 2.10. The lowest BCUT2D eigenvalue weighted by Gasteiger charge is -2.20. The van der Waals surface area contributed by atoms with Gasteiger partial charge in [-0.3, -0.25) is 10.1 Å². The number of rotatable bonds is 8. The van der Waals surface area contributed by atoms with Crippen molar-refractivity contribution in [1.82, 2.24) is 10.2 Å². The summed E-state index contributed by atoms with van der Waals surface area (Å²) in [6.07, 6.45) is 6.75. The maximum atomic E-state index is 11.6. The second kappa shape index (κ2) is 9.25. The van der Waals surface area contributed by atoms with Gasteiger partial charge in [0.1, 0.15) is 0 Å². The largest absolute Gasteiger partial charge is 0.383 e. The fourth-order valence-electron chi connectivity index (χ4n) is 1.03. The predicted molar refractivity (Wildman–Crippen MR) is 60.4 cm³/mol. The molecule has 84 valence electrons. The molecule has 0 aliphatic heterocycles. The summed E-state index contributed by atoms with van der Waals surface area (Å²) in [6.45, 7) is 5.87. The van der Waals surface area contributed by atoms with Crippen molar-refractivity contribution >= 4 is 5.91 Å². The second-order valence-electron chi connectivity index (χ2n) is 2.93. The van der Waals surface area contributed by atoms with Gasteiger partial charge in [-0.1, -0.05) is 12.0 Å². The number of methoxy groups -OCH3 is 1. The van der Waals surface area contributed by atoms with Gasteiger partial charge >= 0.3 is 0 Å². The first-order valence-electron chi connectivity index (χ1n) is 4.78. The minimum Gasteiger partial charge on any atom is -0.383 e. The Labute approximate surface area is 91.3 Å². The molecule has 15 heavy (non-hydrogen) atoms. The Hall–Kier alpha value is -1.31.